The highest BCUT2D eigenvalue weighted by Crippen LogP contribution is 2.11. The van der Waals surface area contributed by atoms with Crippen LogP contribution in [0.5, 0.6) is 0 Å². The van der Waals surface area contributed by atoms with Gasteiger partial charge in [-0.2, -0.15) is 0 Å². The highest BCUT2D eigenvalue weighted by molar-refractivity contribution is 5.75. The van der Waals surface area contributed by atoms with Crippen LogP contribution in [0.1, 0.15) is 170 Å². The molecule has 0 aliphatic rings. The van der Waals surface area contributed by atoms with Crippen molar-refractivity contribution in [3.63, 3.8) is 0 Å². The van der Waals surface area contributed by atoms with Gasteiger partial charge in [0.25, 0.3) is 0 Å². The summed E-state index contributed by atoms with van der Waals surface area (Å²) < 4.78 is 0. The summed E-state index contributed by atoms with van der Waals surface area (Å²) in [6.07, 6.45) is 23.4. The average molecular weight is 516 g/mol. The molecular formula is C30H65N3O3. The first-order valence-corrected chi connectivity index (χ1v) is 15.0. The van der Waals surface area contributed by atoms with E-state index in [-0.39, 0.29) is 17.7 Å². The molecule has 0 fully saturated rings. The number of rotatable bonds is 20. The van der Waals surface area contributed by atoms with E-state index in [2.05, 4.69) is 45.7 Å². The van der Waals surface area contributed by atoms with E-state index >= 15 is 0 Å². The Morgan fingerprint density at radius 1 is 0.500 bits per heavy atom. The SMILES string of the molecule is CC(N)=O.CCCC.CCCC.CCCCCCCCCCCCCC(=O)NCCCCCC(N)=O. The molecule has 0 rings (SSSR count). The topological polar surface area (TPSA) is 115 Å². The van der Waals surface area contributed by atoms with Gasteiger partial charge in [-0.05, 0) is 19.3 Å². The first-order valence-electron chi connectivity index (χ1n) is 15.0. The van der Waals surface area contributed by atoms with Crippen LogP contribution < -0.4 is 16.8 Å². The van der Waals surface area contributed by atoms with Crippen LogP contribution in [0.2, 0.25) is 0 Å². The molecule has 0 heterocycles. The second-order valence-electron chi connectivity index (χ2n) is 9.52. The van der Waals surface area contributed by atoms with Crippen LogP contribution in [-0.2, 0) is 14.4 Å². The molecular weight excluding hydrogens is 450 g/mol. The van der Waals surface area contributed by atoms with Crippen LogP contribution in [-0.4, -0.2) is 24.3 Å². The van der Waals surface area contributed by atoms with E-state index in [0.717, 1.165) is 32.2 Å². The maximum atomic E-state index is 11.7. The van der Waals surface area contributed by atoms with Gasteiger partial charge in [-0.25, -0.2) is 0 Å². The highest BCUT2D eigenvalue weighted by Gasteiger charge is 2.01. The standard InChI is InChI=1S/C20H40N2O2.2C4H10.C2H5NO/c1-2-3-4-5-6-7-8-9-10-11-14-17-20(24)22-18-15-12-13-16-19(21)23;2*1-3-4-2;1-2(3)4/h2-18H2,1H3,(H2,21,23)(H,22,24);2*3-4H2,1-2H3;1H3,(H2,3,4). The Balaban J connectivity index is -0.000000352. The number of unbranched alkanes of at least 4 members (excludes halogenated alkanes) is 14. The third-order valence-electron chi connectivity index (χ3n) is 5.43. The van der Waals surface area contributed by atoms with Crippen molar-refractivity contribution in [1.82, 2.24) is 5.32 Å². The summed E-state index contributed by atoms with van der Waals surface area (Å²) in [4.78, 5) is 31.5. The van der Waals surface area contributed by atoms with Crippen molar-refractivity contribution in [3.8, 4) is 0 Å². The van der Waals surface area contributed by atoms with Gasteiger partial charge in [0.2, 0.25) is 17.7 Å². The summed E-state index contributed by atoms with van der Waals surface area (Å²) in [6.45, 7) is 13.0. The minimum atomic E-state index is -0.333. The van der Waals surface area contributed by atoms with Crippen molar-refractivity contribution < 1.29 is 14.4 Å². The molecule has 0 atom stereocenters. The lowest BCUT2D eigenvalue weighted by Gasteiger charge is -2.05. The molecule has 6 nitrogen and oxygen atoms in total. The van der Waals surface area contributed by atoms with E-state index in [1.165, 1.54) is 96.8 Å². The number of carbonyl (C=O) groups excluding carboxylic acids is 3. The van der Waals surface area contributed by atoms with E-state index in [9.17, 15) is 14.4 Å². The molecule has 0 aromatic carbocycles. The van der Waals surface area contributed by atoms with Crippen molar-refractivity contribution in [2.45, 2.75) is 170 Å². The van der Waals surface area contributed by atoms with E-state index in [1.54, 1.807) is 0 Å². The summed E-state index contributed by atoms with van der Waals surface area (Å²) in [7, 11) is 0. The Morgan fingerprint density at radius 2 is 0.833 bits per heavy atom. The van der Waals surface area contributed by atoms with Crippen LogP contribution in [0, 0.1) is 0 Å². The molecule has 36 heavy (non-hydrogen) atoms. The fourth-order valence-corrected chi connectivity index (χ4v) is 2.87. The molecule has 5 N–H and O–H groups in total. The first kappa shape index (κ1) is 41.5. The van der Waals surface area contributed by atoms with Crippen molar-refractivity contribution in [3.05, 3.63) is 0 Å². The number of carbonyl (C=O) groups is 3. The van der Waals surface area contributed by atoms with Crippen LogP contribution >= 0.6 is 0 Å². The lowest BCUT2D eigenvalue weighted by atomic mass is 10.1. The fourth-order valence-electron chi connectivity index (χ4n) is 2.87. The van der Waals surface area contributed by atoms with Crippen molar-refractivity contribution in [1.29, 1.82) is 0 Å². The smallest absolute Gasteiger partial charge is 0.219 e. The van der Waals surface area contributed by atoms with E-state index in [0.29, 0.717) is 12.8 Å². The average Bonchev–Trinajstić information content (AvgIpc) is 2.84. The number of nitrogens with two attached hydrogens (primary N) is 2. The number of amides is 3. The molecule has 0 aromatic rings. The van der Waals surface area contributed by atoms with Crippen molar-refractivity contribution in [2.75, 3.05) is 6.54 Å². The highest BCUT2D eigenvalue weighted by atomic mass is 16.2. The summed E-state index contributed by atoms with van der Waals surface area (Å²) in [5.41, 5.74) is 9.55. The zero-order chi connectivity index (χ0) is 28.3. The quantitative estimate of drug-likeness (QED) is 0.143. The lowest BCUT2D eigenvalue weighted by molar-refractivity contribution is -0.121. The first-order chi connectivity index (χ1) is 17.2. The maximum absolute atomic E-state index is 11.7. The third kappa shape index (κ3) is 63.7. The summed E-state index contributed by atoms with van der Waals surface area (Å²) >= 11 is 0. The monoisotopic (exact) mass is 516 g/mol. The van der Waals surface area contributed by atoms with Crippen LogP contribution in [0.4, 0.5) is 0 Å². The van der Waals surface area contributed by atoms with Gasteiger partial charge in [0.1, 0.15) is 0 Å². The molecule has 3 amide bonds. The van der Waals surface area contributed by atoms with Crippen molar-refractivity contribution in [2.24, 2.45) is 11.5 Å². The fraction of sp³-hybridized carbons (Fsp3) is 0.900. The molecule has 0 saturated carbocycles. The number of hydrogen-bond donors (Lipinski definition) is 3. The molecule has 218 valence electrons. The predicted octanol–water partition coefficient (Wildman–Crippen LogP) is 7.95. The van der Waals surface area contributed by atoms with E-state index in [4.69, 9.17) is 5.73 Å². The maximum Gasteiger partial charge on any atom is 0.219 e. The second-order valence-corrected chi connectivity index (χ2v) is 9.52. The van der Waals surface area contributed by atoms with E-state index in [1.807, 2.05) is 0 Å². The Bertz CT molecular complexity index is 431. The summed E-state index contributed by atoms with van der Waals surface area (Å²) in [5.74, 6) is -0.406. The molecule has 0 spiro atoms. The minimum absolute atomic E-state index is 0.167. The lowest BCUT2D eigenvalue weighted by Crippen LogP contribution is -2.24. The molecule has 0 bridgehead atoms. The van der Waals surface area contributed by atoms with Gasteiger partial charge in [0.15, 0.2) is 0 Å². The summed E-state index contributed by atoms with van der Waals surface area (Å²) in [5, 5.41) is 2.95. The normalized spacial score (nSPS) is 9.50. The van der Waals surface area contributed by atoms with E-state index < -0.39 is 0 Å². The third-order valence-corrected chi connectivity index (χ3v) is 5.43. The number of hydrogen-bond acceptors (Lipinski definition) is 3. The Kier molecular flexibility index (Phi) is 46.8. The van der Waals surface area contributed by atoms with Gasteiger partial charge in [-0.1, -0.05) is 131 Å². The largest absolute Gasteiger partial charge is 0.370 e. The molecule has 0 saturated heterocycles. The zero-order valence-corrected chi connectivity index (χ0v) is 25.2. The summed E-state index contributed by atoms with van der Waals surface area (Å²) in [6, 6.07) is 0. The minimum Gasteiger partial charge on any atom is -0.370 e. The van der Waals surface area contributed by atoms with Crippen molar-refractivity contribution >= 4 is 17.7 Å². The second kappa shape index (κ2) is 40.6. The number of primary amides is 2. The Labute approximate surface area is 225 Å². The number of nitrogens with one attached hydrogen (secondary N) is 1. The van der Waals surface area contributed by atoms with Gasteiger partial charge in [0.05, 0.1) is 0 Å². The molecule has 6 heteroatoms. The van der Waals surface area contributed by atoms with Crippen LogP contribution in [0.3, 0.4) is 0 Å². The Morgan fingerprint density at radius 3 is 1.19 bits per heavy atom. The molecule has 0 aliphatic carbocycles. The zero-order valence-electron chi connectivity index (χ0n) is 25.2. The molecule has 0 aromatic heterocycles. The van der Waals surface area contributed by atoms with Gasteiger partial charge < -0.3 is 16.8 Å². The van der Waals surface area contributed by atoms with Gasteiger partial charge in [0, 0.05) is 26.3 Å². The van der Waals surface area contributed by atoms with Gasteiger partial charge in [-0.3, -0.25) is 14.4 Å². The predicted molar refractivity (Wildman–Crippen MR) is 158 cm³/mol. The van der Waals surface area contributed by atoms with Gasteiger partial charge >= 0.3 is 0 Å². The Hall–Kier alpha value is -1.59. The van der Waals surface area contributed by atoms with Crippen LogP contribution in [0.25, 0.3) is 0 Å². The van der Waals surface area contributed by atoms with Crippen LogP contribution in [0.15, 0.2) is 0 Å². The molecule has 0 unspecified atom stereocenters. The molecule has 0 radical (unpaired) electrons. The molecule has 0 aliphatic heterocycles. The van der Waals surface area contributed by atoms with Gasteiger partial charge in [-0.15, -0.1) is 0 Å².